The highest BCUT2D eigenvalue weighted by Gasteiger charge is 2.13. The highest BCUT2D eigenvalue weighted by Crippen LogP contribution is 2.21. The number of halogens is 2. The number of carbonyl (C=O) groups is 1. The van der Waals surface area contributed by atoms with Crippen molar-refractivity contribution in [3.05, 3.63) is 64.4 Å². The first-order valence-electron chi connectivity index (χ1n) is 6.10. The lowest BCUT2D eigenvalue weighted by Crippen LogP contribution is -2.13. The maximum absolute atomic E-state index is 13.3. The fourth-order valence-corrected chi connectivity index (χ4v) is 2.05. The first-order chi connectivity index (χ1) is 9.61. The standard InChI is InChI=1S/C15H14ClFN2O/c1-18-9-10-4-2-5-11(8-10)19-15(20)12-6-3-7-13(17)14(12)16/h2-8,18H,9H2,1H3,(H,19,20). The van der Waals surface area contributed by atoms with Crippen LogP contribution in [-0.4, -0.2) is 13.0 Å². The lowest BCUT2D eigenvalue weighted by atomic mass is 10.1. The largest absolute Gasteiger partial charge is 0.322 e. The molecule has 5 heteroatoms. The van der Waals surface area contributed by atoms with E-state index in [-0.39, 0.29) is 10.6 Å². The molecule has 0 spiro atoms. The van der Waals surface area contributed by atoms with Crippen molar-refractivity contribution in [2.45, 2.75) is 6.54 Å². The van der Waals surface area contributed by atoms with Crippen LogP contribution in [0.2, 0.25) is 5.02 Å². The van der Waals surface area contributed by atoms with Gasteiger partial charge >= 0.3 is 0 Å². The van der Waals surface area contributed by atoms with Gasteiger partial charge in [-0.15, -0.1) is 0 Å². The Kier molecular flexibility index (Phi) is 4.71. The van der Waals surface area contributed by atoms with Gasteiger partial charge in [0.05, 0.1) is 10.6 Å². The Bertz CT molecular complexity index is 631. The van der Waals surface area contributed by atoms with Crippen LogP contribution >= 0.6 is 11.6 Å². The maximum atomic E-state index is 13.3. The van der Waals surface area contributed by atoms with Crippen LogP contribution in [0.5, 0.6) is 0 Å². The van der Waals surface area contributed by atoms with E-state index in [0.717, 1.165) is 5.56 Å². The number of carbonyl (C=O) groups excluding carboxylic acids is 1. The van der Waals surface area contributed by atoms with E-state index in [1.165, 1.54) is 18.2 Å². The zero-order chi connectivity index (χ0) is 14.5. The summed E-state index contributed by atoms with van der Waals surface area (Å²) in [4.78, 5) is 12.1. The van der Waals surface area contributed by atoms with E-state index in [9.17, 15) is 9.18 Å². The van der Waals surface area contributed by atoms with Crippen LogP contribution < -0.4 is 10.6 Å². The van der Waals surface area contributed by atoms with Crippen molar-refractivity contribution in [1.82, 2.24) is 5.32 Å². The second-order valence-electron chi connectivity index (χ2n) is 4.29. The van der Waals surface area contributed by atoms with Crippen molar-refractivity contribution in [2.24, 2.45) is 0 Å². The molecule has 2 N–H and O–H groups in total. The summed E-state index contributed by atoms with van der Waals surface area (Å²) in [5.41, 5.74) is 1.80. The molecule has 2 aromatic rings. The van der Waals surface area contributed by atoms with Gasteiger partial charge in [0.15, 0.2) is 0 Å². The van der Waals surface area contributed by atoms with Crippen molar-refractivity contribution < 1.29 is 9.18 Å². The molecular weight excluding hydrogens is 279 g/mol. The number of rotatable bonds is 4. The Morgan fingerprint density at radius 2 is 2.00 bits per heavy atom. The number of hydrogen-bond acceptors (Lipinski definition) is 2. The minimum Gasteiger partial charge on any atom is -0.322 e. The average Bonchev–Trinajstić information content (AvgIpc) is 2.42. The molecule has 0 aromatic heterocycles. The van der Waals surface area contributed by atoms with Gasteiger partial charge in [-0.3, -0.25) is 4.79 Å². The predicted molar refractivity (Wildman–Crippen MR) is 78.6 cm³/mol. The fourth-order valence-electron chi connectivity index (χ4n) is 1.84. The summed E-state index contributed by atoms with van der Waals surface area (Å²) in [5.74, 6) is -1.04. The van der Waals surface area contributed by atoms with Crippen LogP contribution in [0.4, 0.5) is 10.1 Å². The van der Waals surface area contributed by atoms with Gasteiger partial charge < -0.3 is 10.6 Å². The molecule has 0 aliphatic rings. The van der Waals surface area contributed by atoms with Gasteiger partial charge in [0, 0.05) is 12.2 Å². The second-order valence-corrected chi connectivity index (χ2v) is 4.66. The Balaban J connectivity index is 2.19. The minimum atomic E-state index is -0.608. The van der Waals surface area contributed by atoms with Crippen LogP contribution in [0.15, 0.2) is 42.5 Å². The zero-order valence-electron chi connectivity index (χ0n) is 10.9. The van der Waals surface area contributed by atoms with Gasteiger partial charge in [0.1, 0.15) is 5.82 Å². The smallest absolute Gasteiger partial charge is 0.257 e. The third-order valence-corrected chi connectivity index (χ3v) is 3.15. The molecule has 0 saturated carbocycles. The molecule has 0 saturated heterocycles. The lowest BCUT2D eigenvalue weighted by molar-refractivity contribution is 0.102. The Morgan fingerprint density at radius 1 is 1.25 bits per heavy atom. The first-order valence-corrected chi connectivity index (χ1v) is 6.48. The van der Waals surface area contributed by atoms with Crippen LogP contribution in [0, 0.1) is 5.82 Å². The van der Waals surface area contributed by atoms with Gasteiger partial charge in [-0.1, -0.05) is 29.8 Å². The number of hydrogen-bond donors (Lipinski definition) is 2. The summed E-state index contributed by atoms with van der Waals surface area (Å²) in [6.45, 7) is 0.699. The normalized spacial score (nSPS) is 10.3. The maximum Gasteiger partial charge on any atom is 0.257 e. The molecule has 20 heavy (non-hydrogen) atoms. The Labute approximate surface area is 121 Å². The molecule has 1 amide bonds. The molecule has 0 fully saturated rings. The van der Waals surface area contributed by atoms with E-state index in [2.05, 4.69) is 10.6 Å². The molecule has 0 aliphatic carbocycles. The number of benzene rings is 2. The monoisotopic (exact) mass is 292 g/mol. The van der Waals surface area contributed by atoms with Crippen LogP contribution in [-0.2, 0) is 6.54 Å². The molecular formula is C15H14ClFN2O. The predicted octanol–water partition coefficient (Wildman–Crippen LogP) is 3.45. The molecule has 0 aliphatic heterocycles. The van der Waals surface area contributed by atoms with E-state index < -0.39 is 11.7 Å². The summed E-state index contributed by atoms with van der Waals surface area (Å²) >= 11 is 5.79. The second kappa shape index (κ2) is 6.50. The van der Waals surface area contributed by atoms with E-state index in [0.29, 0.717) is 12.2 Å². The van der Waals surface area contributed by atoms with Crippen molar-refractivity contribution in [2.75, 3.05) is 12.4 Å². The average molecular weight is 293 g/mol. The van der Waals surface area contributed by atoms with Gasteiger partial charge in [-0.25, -0.2) is 4.39 Å². The molecule has 0 heterocycles. The number of anilines is 1. The van der Waals surface area contributed by atoms with Crippen molar-refractivity contribution >= 4 is 23.2 Å². The third kappa shape index (κ3) is 3.35. The van der Waals surface area contributed by atoms with Crippen LogP contribution in [0.1, 0.15) is 15.9 Å². The quantitative estimate of drug-likeness (QED) is 0.906. The van der Waals surface area contributed by atoms with E-state index in [4.69, 9.17) is 11.6 Å². The van der Waals surface area contributed by atoms with E-state index in [1.54, 1.807) is 6.07 Å². The molecule has 0 unspecified atom stereocenters. The van der Waals surface area contributed by atoms with Crippen molar-refractivity contribution in [1.29, 1.82) is 0 Å². The number of amides is 1. The summed E-state index contributed by atoms with van der Waals surface area (Å²) in [5, 5.41) is 5.57. The summed E-state index contributed by atoms with van der Waals surface area (Å²) in [7, 11) is 1.85. The van der Waals surface area contributed by atoms with Gasteiger partial charge in [-0.05, 0) is 36.9 Å². The van der Waals surface area contributed by atoms with Crippen LogP contribution in [0.25, 0.3) is 0 Å². The SMILES string of the molecule is CNCc1cccc(NC(=O)c2cccc(F)c2Cl)c1. The van der Waals surface area contributed by atoms with E-state index in [1.807, 2.05) is 25.2 Å². The molecule has 0 bridgehead atoms. The van der Waals surface area contributed by atoms with Gasteiger partial charge in [-0.2, -0.15) is 0 Å². The molecule has 0 radical (unpaired) electrons. The lowest BCUT2D eigenvalue weighted by Gasteiger charge is -2.08. The Morgan fingerprint density at radius 3 is 2.75 bits per heavy atom. The molecule has 2 rings (SSSR count). The Hall–Kier alpha value is -1.91. The first kappa shape index (κ1) is 14.5. The number of nitrogens with one attached hydrogen (secondary N) is 2. The highest BCUT2D eigenvalue weighted by atomic mass is 35.5. The van der Waals surface area contributed by atoms with E-state index >= 15 is 0 Å². The summed E-state index contributed by atoms with van der Waals surface area (Å²) < 4.78 is 13.3. The third-order valence-electron chi connectivity index (χ3n) is 2.76. The van der Waals surface area contributed by atoms with Crippen molar-refractivity contribution in [3.8, 4) is 0 Å². The topological polar surface area (TPSA) is 41.1 Å². The molecule has 3 nitrogen and oxygen atoms in total. The fraction of sp³-hybridized carbons (Fsp3) is 0.133. The molecule has 104 valence electrons. The van der Waals surface area contributed by atoms with Crippen LogP contribution in [0.3, 0.4) is 0 Å². The minimum absolute atomic E-state index is 0.116. The van der Waals surface area contributed by atoms with Gasteiger partial charge in [0.2, 0.25) is 0 Å². The van der Waals surface area contributed by atoms with Crippen molar-refractivity contribution in [3.63, 3.8) is 0 Å². The molecule has 0 atom stereocenters. The highest BCUT2D eigenvalue weighted by molar-refractivity contribution is 6.34. The molecule has 2 aromatic carbocycles. The summed E-state index contributed by atoms with van der Waals surface area (Å²) in [6, 6.07) is 11.6. The zero-order valence-corrected chi connectivity index (χ0v) is 11.7. The summed E-state index contributed by atoms with van der Waals surface area (Å²) in [6.07, 6.45) is 0. The van der Waals surface area contributed by atoms with Gasteiger partial charge in [0.25, 0.3) is 5.91 Å².